The average molecular weight is 365 g/mol. The third-order valence-electron chi connectivity index (χ3n) is 5.07. The maximum Gasteiger partial charge on any atom is 0.281 e. The van der Waals surface area contributed by atoms with Crippen LogP contribution in [0.15, 0.2) is 83.7 Å². The van der Waals surface area contributed by atoms with Crippen molar-refractivity contribution in [3.8, 4) is 16.9 Å². The maximum absolute atomic E-state index is 13.4. The summed E-state index contributed by atoms with van der Waals surface area (Å²) in [6, 6.07) is 26.1. The molecule has 2 heterocycles. The highest BCUT2D eigenvalue weighted by Gasteiger charge is 2.16. The molecule has 0 spiro atoms. The summed E-state index contributed by atoms with van der Waals surface area (Å²) < 4.78 is 3.63. The number of aromatic nitrogens is 3. The van der Waals surface area contributed by atoms with Gasteiger partial charge in [-0.2, -0.15) is 4.52 Å². The number of hydrogen-bond donors (Lipinski definition) is 0. The lowest BCUT2D eigenvalue weighted by atomic mass is 10.1. The summed E-state index contributed by atoms with van der Waals surface area (Å²) in [5.74, 6) is 0. The van der Waals surface area contributed by atoms with Crippen LogP contribution in [0, 0.1) is 13.8 Å². The van der Waals surface area contributed by atoms with Crippen LogP contribution >= 0.6 is 0 Å². The van der Waals surface area contributed by atoms with E-state index in [-0.39, 0.29) is 5.56 Å². The fourth-order valence-corrected chi connectivity index (χ4v) is 3.64. The van der Waals surface area contributed by atoms with E-state index in [0.29, 0.717) is 11.0 Å². The lowest BCUT2D eigenvalue weighted by molar-refractivity contribution is 0.778. The van der Waals surface area contributed by atoms with Gasteiger partial charge in [-0.1, -0.05) is 59.7 Å². The van der Waals surface area contributed by atoms with Gasteiger partial charge in [0, 0.05) is 11.6 Å². The minimum atomic E-state index is -0.0635. The second-order valence-electron chi connectivity index (χ2n) is 7.15. The summed E-state index contributed by atoms with van der Waals surface area (Å²) in [7, 11) is 0. The van der Waals surface area contributed by atoms with Crippen molar-refractivity contribution in [2.75, 3.05) is 0 Å². The molecule has 0 aliphatic carbocycles. The molecule has 2 aromatic heterocycles. The van der Waals surface area contributed by atoms with Crippen LogP contribution in [0.25, 0.3) is 33.5 Å². The van der Waals surface area contributed by atoms with Gasteiger partial charge < -0.3 is 0 Å². The summed E-state index contributed by atoms with van der Waals surface area (Å²) in [6.07, 6.45) is 0. The Labute approximate surface area is 162 Å². The molecule has 4 heteroatoms. The van der Waals surface area contributed by atoms with Crippen LogP contribution < -0.4 is 5.56 Å². The molecule has 136 valence electrons. The quantitative estimate of drug-likeness (QED) is 0.445. The number of hydrogen-bond acceptors (Lipinski definition) is 2. The van der Waals surface area contributed by atoms with Crippen molar-refractivity contribution in [2.24, 2.45) is 0 Å². The van der Waals surface area contributed by atoms with E-state index in [4.69, 9.17) is 4.98 Å². The zero-order valence-electron chi connectivity index (χ0n) is 15.8. The molecule has 0 radical (unpaired) electrons. The number of aryl methyl sites for hydroxylation is 2. The largest absolute Gasteiger partial charge is 0.281 e. The van der Waals surface area contributed by atoms with Gasteiger partial charge in [-0.3, -0.25) is 4.79 Å². The molecule has 0 bridgehead atoms. The molecule has 28 heavy (non-hydrogen) atoms. The number of fused-ring (bicyclic) bond motifs is 2. The first-order valence-electron chi connectivity index (χ1n) is 9.29. The van der Waals surface area contributed by atoms with Crippen LogP contribution in [0.4, 0.5) is 0 Å². The van der Waals surface area contributed by atoms with Gasteiger partial charge in [-0.05, 0) is 38.1 Å². The second kappa shape index (κ2) is 6.20. The van der Waals surface area contributed by atoms with Gasteiger partial charge in [-0.25, -0.2) is 9.67 Å². The predicted octanol–water partition coefficient (Wildman–Crippen LogP) is 4.92. The highest BCUT2D eigenvalue weighted by Crippen LogP contribution is 2.26. The van der Waals surface area contributed by atoms with Crippen molar-refractivity contribution in [2.45, 2.75) is 13.8 Å². The van der Waals surface area contributed by atoms with Gasteiger partial charge in [0.15, 0.2) is 5.65 Å². The van der Waals surface area contributed by atoms with Gasteiger partial charge in [0.1, 0.15) is 0 Å². The van der Waals surface area contributed by atoms with Crippen molar-refractivity contribution in [1.82, 2.24) is 14.2 Å². The van der Waals surface area contributed by atoms with Gasteiger partial charge in [0.2, 0.25) is 0 Å². The molecule has 0 fully saturated rings. The van der Waals surface area contributed by atoms with Gasteiger partial charge in [-0.15, -0.1) is 0 Å². The molecule has 0 amide bonds. The van der Waals surface area contributed by atoms with Crippen molar-refractivity contribution in [3.05, 3.63) is 100 Å². The summed E-state index contributed by atoms with van der Waals surface area (Å²) in [4.78, 5) is 18.2. The topological polar surface area (TPSA) is 39.3 Å². The average Bonchev–Trinajstić information content (AvgIpc) is 3.10. The summed E-state index contributed by atoms with van der Waals surface area (Å²) >= 11 is 0. The van der Waals surface area contributed by atoms with Crippen LogP contribution in [0.2, 0.25) is 0 Å². The molecule has 4 nitrogen and oxygen atoms in total. The van der Waals surface area contributed by atoms with Gasteiger partial charge in [0.05, 0.1) is 22.3 Å². The van der Waals surface area contributed by atoms with E-state index in [1.54, 1.807) is 4.52 Å². The third kappa shape index (κ3) is 2.54. The minimum Gasteiger partial charge on any atom is -0.267 e. The highest BCUT2D eigenvalue weighted by atomic mass is 16.1. The molecule has 0 saturated carbocycles. The zero-order chi connectivity index (χ0) is 19.3. The van der Waals surface area contributed by atoms with Crippen LogP contribution in [0.3, 0.4) is 0 Å². The fraction of sp³-hybridized carbons (Fsp3) is 0.0833. The Kier molecular flexibility index (Phi) is 3.66. The summed E-state index contributed by atoms with van der Waals surface area (Å²) in [6.45, 7) is 4.04. The maximum atomic E-state index is 13.4. The van der Waals surface area contributed by atoms with Gasteiger partial charge in [0.25, 0.3) is 5.56 Å². The Morgan fingerprint density at radius 1 is 0.786 bits per heavy atom. The molecular weight excluding hydrogens is 346 g/mol. The van der Waals surface area contributed by atoms with E-state index >= 15 is 0 Å². The lowest BCUT2D eigenvalue weighted by Gasteiger charge is -2.12. The Morgan fingerprint density at radius 2 is 1.50 bits per heavy atom. The van der Waals surface area contributed by atoms with E-state index in [1.165, 1.54) is 5.56 Å². The molecular formula is C24H19N3O. The number of benzene rings is 3. The molecule has 0 aliphatic heterocycles. The zero-order valence-corrected chi connectivity index (χ0v) is 15.8. The summed E-state index contributed by atoms with van der Waals surface area (Å²) in [5.41, 5.74) is 6.41. The van der Waals surface area contributed by atoms with E-state index in [1.807, 2.05) is 78.3 Å². The Hall–Kier alpha value is -3.66. The monoisotopic (exact) mass is 365 g/mol. The molecule has 3 aromatic carbocycles. The fourth-order valence-electron chi connectivity index (χ4n) is 3.64. The Balaban J connectivity index is 1.95. The SMILES string of the molecule is Cc1ccc(-n2c(-c3ccccc3)cc3nc4ccc(C)cc4c(=O)n32)cc1. The molecule has 0 N–H and O–H groups in total. The smallest absolute Gasteiger partial charge is 0.267 e. The van der Waals surface area contributed by atoms with Crippen molar-refractivity contribution < 1.29 is 0 Å². The lowest BCUT2D eigenvalue weighted by Crippen LogP contribution is -2.21. The summed E-state index contributed by atoms with van der Waals surface area (Å²) in [5, 5.41) is 0.628. The first-order valence-corrected chi connectivity index (χ1v) is 9.29. The van der Waals surface area contributed by atoms with E-state index in [9.17, 15) is 4.79 Å². The third-order valence-corrected chi connectivity index (χ3v) is 5.07. The van der Waals surface area contributed by atoms with Crippen LogP contribution in [0.5, 0.6) is 0 Å². The number of nitrogens with zero attached hydrogens (tertiary/aromatic N) is 3. The Morgan fingerprint density at radius 3 is 2.25 bits per heavy atom. The van der Waals surface area contributed by atoms with E-state index in [0.717, 1.165) is 28.0 Å². The number of rotatable bonds is 2. The molecule has 0 saturated heterocycles. The van der Waals surface area contributed by atoms with Crippen LogP contribution in [-0.2, 0) is 0 Å². The first kappa shape index (κ1) is 16.5. The van der Waals surface area contributed by atoms with Gasteiger partial charge >= 0.3 is 0 Å². The second-order valence-corrected chi connectivity index (χ2v) is 7.15. The van der Waals surface area contributed by atoms with Crippen molar-refractivity contribution in [1.29, 1.82) is 0 Å². The van der Waals surface area contributed by atoms with Crippen molar-refractivity contribution >= 4 is 16.6 Å². The molecule has 5 aromatic rings. The highest BCUT2D eigenvalue weighted by molar-refractivity contribution is 5.81. The first-order chi connectivity index (χ1) is 13.6. The minimum absolute atomic E-state index is 0.0635. The standard InChI is InChI=1S/C24H19N3O/c1-16-8-11-19(12-9-16)26-22(18-6-4-3-5-7-18)15-23-25-21-13-10-17(2)14-20(21)24(28)27(23)26/h3-15H,1-2H3. The molecule has 5 rings (SSSR count). The molecule has 0 unspecified atom stereocenters. The molecule has 0 aliphatic rings. The van der Waals surface area contributed by atoms with E-state index in [2.05, 4.69) is 19.1 Å². The molecule has 0 atom stereocenters. The Bertz CT molecular complexity index is 1380. The normalized spacial score (nSPS) is 11.4. The van der Waals surface area contributed by atoms with Crippen molar-refractivity contribution in [3.63, 3.8) is 0 Å². The van der Waals surface area contributed by atoms with Crippen LogP contribution in [0.1, 0.15) is 11.1 Å². The predicted molar refractivity (Wildman–Crippen MR) is 113 cm³/mol. The van der Waals surface area contributed by atoms with E-state index < -0.39 is 0 Å². The van der Waals surface area contributed by atoms with Crippen LogP contribution in [-0.4, -0.2) is 14.2 Å².